The zero-order chi connectivity index (χ0) is 22.4. The summed E-state index contributed by atoms with van der Waals surface area (Å²) in [6.45, 7) is 4.55. The zero-order valence-corrected chi connectivity index (χ0v) is 20.4. The van der Waals surface area contributed by atoms with Crippen molar-refractivity contribution < 1.29 is 9.47 Å². The second-order valence-corrected chi connectivity index (χ2v) is 11.4. The highest BCUT2D eigenvalue weighted by Crippen LogP contribution is 2.59. The number of benzene rings is 2. The smallest absolute Gasteiger partial charge is 0.207 e. The summed E-state index contributed by atoms with van der Waals surface area (Å²) < 4.78 is 13.8. The third-order valence-electron chi connectivity index (χ3n) is 9.73. The van der Waals surface area contributed by atoms with Gasteiger partial charge in [0.05, 0.1) is 6.10 Å². The first-order valence-electron chi connectivity index (χ1n) is 13.7. The summed E-state index contributed by atoms with van der Waals surface area (Å²) in [5.41, 5.74) is 4.33. The molecule has 6 rings (SSSR count). The molecule has 3 saturated carbocycles. The predicted octanol–water partition coefficient (Wildman–Crippen LogP) is 7.87. The minimum Gasteiger partial charge on any atom is -0.464 e. The van der Waals surface area contributed by atoms with Gasteiger partial charge in [-0.25, -0.2) is 0 Å². The molecule has 0 saturated heterocycles. The van der Waals surface area contributed by atoms with Crippen LogP contribution in [0.3, 0.4) is 0 Å². The highest BCUT2D eigenvalue weighted by Gasteiger charge is 2.55. The van der Waals surface area contributed by atoms with Gasteiger partial charge in [0.25, 0.3) is 0 Å². The minimum atomic E-state index is -0.190. The standard InChI is InChI=1S/C31H40O2/c1-3-20(2)21-14-16-24(17-15-21)32-31(28-13-6-9-22-8-4-5-10-25(22)28)33-30-19-23-18-29(30)27-12-7-11-26(23)27/h4-5,8,10,14-17,20,23,26-31H,3,6-7,9,11-13,18-19H2,1-2H3. The van der Waals surface area contributed by atoms with Crippen LogP contribution < -0.4 is 4.74 Å². The van der Waals surface area contributed by atoms with Gasteiger partial charge in [-0.3, -0.25) is 0 Å². The molecule has 2 nitrogen and oxygen atoms in total. The molecule has 0 amide bonds. The molecule has 0 spiro atoms. The molecule has 2 heteroatoms. The average Bonchev–Trinajstić information content (AvgIpc) is 3.57. The molecule has 0 aromatic heterocycles. The molecule has 33 heavy (non-hydrogen) atoms. The number of fused-ring (bicyclic) bond motifs is 6. The largest absolute Gasteiger partial charge is 0.464 e. The molecule has 2 bridgehead atoms. The lowest BCUT2D eigenvalue weighted by atomic mass is 9.79. The Morgan fingerprint density at radius 3 is 2.55 bits per heavy atom. The van der Waals surface area contributed by atoms with Gasteiger partial charge in [0.1, 0.15) is 5.75 Å². The van der Waals surface area contributed by atoms with E-state index < -0.39 is 0 Å². The third-order valence-corrected chi connectivity index (χ3v) is 9.73. The molecule has 4 aliphatic carbocycles. The van der Waals surface area contributed by atoms with Crippen LogP contribution in [0.15, 0.2) is 48.5 Å². The number of hydrogen-bond acceptors (Lipinski definition) is 2. The van der Waals surface area contributed by atoms with Gasteiger partial charge in [0.15, 0.2) is 0 Å². The summed E-state index contributed by atoms with van der Waals surface area (Å²) in [7, 11) is 0. The van der Waals surface area contributed by atoms with E-state index in [0.717, 1.165) is 42.3 Å². The highest BCUT2D eigenvalue weighted by molar-refractivity contribution is 5.34. The average molecular weight is 445 g/mol. The Morgan fingerprint density at radius 2 is 1.70 bits per heavy atom. The molecule has 8 atom stereocenters. The maximum absolute atomic E-state index is 7.03. The molecule has 0 radical (unpaired) electrons. The van der Waals surface area contributed by atoms with Crippen molar-refractivity contribution in [2.45, 2.75) is 95.9 Å². The quantitative estimate of drug-likeness (QED) is 0.405. The Kier molecular flexibility index (Phi) is 5.99. The molecule has 0 aliphatic heterocycles. The molecule has 4 aliphatic rings. The minimum absolute atomic E-state index is 0.190. The van der Waals surface area contributed by atoms with Crippen LogP contribution in [0.2, 0.25) is 0 Å². The monoisotopic (exact) mass is 444 g/mol. The fraction of sp³-hybridized carbons (Fsp3) is 0.613. The Morgan fingerprint density at radius 1 is 0.879 bits per heavy atom. The van der Waals surface area contributed by atoms with Gasteiger partial charge in [-0.05, 0) is 110 Å². The van der Waals surface area contributed by atoms with Crippen molar-refractivity contribution >= 4 is 0 Å². The topological polar surface area (TPSA) is 18.5 Å². The van der Waals surface area contributed by atoms with Crippen molar-refractivity contribution in [3.05, 3.63) is 65.2 Å². The van der Waals surface area contributed by atoms with Crippen molar-refractivity contribution in [2.24, 2.45) is 23.7 Å². The van der Waals surface area contributed by atoms with Crippen LogP contribution in [0.4, 0.5) is 0 Å². The van der Waals surface area contributed by atoms with Crippen molar-refractivity contribution in [2.75, 3.05) is 0 Å². The van der Waals surface area contributed by atoms with E-state index in [2.05, 4.69) is 62.4 Å². The molecular weight excluding hydrogens is 404 g/mol. The lowest BCUT2D eigenvalue weighted by Gasteiger charge is -2.38. The Bertz CT molecular complexity index is 950. The van der Waals surface area contributed by atoms with Gasteiger partial charge in [-0.15, -0.1) is 0 Å². The van der Waals surface area contributed by atoms with Gasteiger partial charge in [0, 0.05) is 5.92 Å². The molecule has 8 unspecified atom stereocenters. The van der Waals surface area contributed by atoms with Crippen LogP contribution in [0.1, 0.15) is 93.7 Å². The fourth-order valence-electron chi connectivity index (χ4n) is 7.86. The summed E-state index contributed by atoms with van der Waals surface area (Å²) in [5, 5.41) is 0. The molecular formula is C31H40O2. The van der Waals surface area contributed by atoms with Gasteiger partial charge in [0.2, 0.25) is 6.29 Å². The second kappa shape index (κ2) is 9.10. The number of aryl methyl sites for hydroxylation is 1. The molecule has 2 aromatic carbocycles. The summed E-state index contributed by atoms with van der Waals surface area (Å²) in [6, 6.07) is 17.8. The summed E-state index contributed by atoms with van der Waals surface area (Å²) in [6.07, 6.45) is 11.9. The normalized spacial score (nSPS) is 34.0. The van der Waals surface area contributed by atoms with Crippen LogP contribution in [0.5, 0.6) is 5.75 Å². The van der Waals surface area contributed by atoms with Crippen molar-refractivity contribution in [3.63, 3.8) is 0 Å². The number of hydrogen-bond donors (Lipinski definition) is 0. The van der Waals surface area contributed by atoms with Gasteiger partial charge >= 0.3 is 0 Å². The lowest BCUT2D eigenvalue weighted by Crippen LogP contribution is -2.39. The van der Waals surface area contributed by atoms with E-state index in [4.69, 9.17) is 9.47 Å². The van der Waals surface area contributed by atoms with Crippen molar-refractivity contribution in [1.29, 1.82) is 0 Å². The van der Waals surface area contributed by atoms with E-state index in [1.165, 1.54) is 61.6 Å². The van der Waals surface area contributed by atoms with Crippen LogP contribution in [-0.2, 0) is 11.2 Å². The van der Waals surface area contributed by atoms with Crippen LogP contribution in [0.25, 0.3) is 0 Å². The summed E-state index contributed by atoms with van der Waals surface area (Å²) in [4.78, 5) is 0. The van der Waals surface area contributed by atoms with E-state index in [0.29, 0.717) is 17.9 Å². The third kappa shape index (κ3) is 4.03. The van der Waals surface area contributed by atoms with Crippen molar-refractivity contribution in [1.82, 2.24) is 0 Å². The number of ether oxygens (including phenoxy) is 2. The Balaban J connectivity index is 1.25. The molecule has 2 aromatic rings. The summed E-state index contributed by atoms with van der Waals surface area (Å²) >= 11 is 0. The van der Waals surface area contributed by atoms with E-state index in [9.17, 15) is 0 Å². The van der Waals surface area contributed by atoms with Crippen molar-refractivity contribution in [3.8, 4) is 5.75 Å². The van der Waals surface area contributed by atoms with Gasteiger partial charge in [-0.1, -0.05) is 56.7 Å². The zero-order valence-electron chi connectivity index (χ0n) is 20.4. The second-order valence-electron chi connectivity index (χ2n) is 11.4. The molecule has 0 heterocycles. The maximum Gasteiger partial charge on any atom is 0.207 e. The van der Waals surface area contributed by atoms with E-state index >= 15 is 0 Å². The van der Waals surface area contributed by atoms with Gasteiger partial charge < -0.3 is 9.47 Å². The fourth-order valence-corrected chi connectivity index (χ4v) is 7.86. The van der Waals surface area contributed by atoms with Crippen LogP contribution >= 0.6 is 0 Å². The lowest BCUT2D eigenvalue weighted by molar-refractivity contribution is -0.156. The van der Waals surface area contributed by atoms with E-state index in [1.54, 1.807) is 0 Å². The van der Waals surface area contributed by atoms with Crippen LogP contribution in [0, 0.1) is 23.7 Å². The Hall–Kier alpha value is -1.80. The summed E-state index contributed by atoms with van der Waals surface area (Å²) in [5.74, 6) is 5.45. The molecule has 3 fully saturated rings. The molecule has 0 N–H and O–H groups in total. The van der Waals surface area contributed by atoms with E-state index in [-0.39, 0.29) is 6.29 Å². The molecule has 176 valence electrons. The van der Waals surface area contributed by atoms with Gasteiger partial charge in [-0.2, -0.15) is 0 Å². The first-order chi connectivity index (χ1) is 16.2. The number of rotatable bonds is 7. The SMILES string of the molecule is CCC(C)c1ccc(OC(OC2CC3CC2C2CCCC32)C2CCCc3ccccc32)cc1. The van der Waals surface area contributed by atoms with Crippen LogP contribution in [-0.4, -0.2) is 12.4 Å². The predicted molar refractivity (Wildman–Crippen MR) is 134 cm³/mol. The first-order valence-corrected chi connectivity index (χ1v) is 13.7. The maximum atomic E-state index is 7.03. The van der Waals surface area contributed by atoms with E-state index in [1.807, 2.05) is 0 Å². The first kappa shape index (κ1) is 21.7. The Labute approximate surface area is 200 Å². The highest BCUT2D eigenvalue weighted by atomic mass is 16.7.